The van der Waals surface area contributed by atoms with E-state index < -0.39 is 0 Å². The lowest BCUT2D eigenvalue weighted by molar-refractivity contribution is 0.142. The van der Waals surface area contributed by atoms with E-state index in [0.29, 0.717) is 0 Å². The Morgan fingerprint density at radius 1 is 0.323 bits per heavy atom. The Labute approximate surface area is 182 Å². The topological polar surface area (TPSA) is 165 Å². The minimum absolute atomic E-state index is 0.782. The van der Waals surface area contributed by atoms with Gasteiger partial charge in [-0.05, 0) is 70.8 Å². The molecule has 0 unspecified atom stereocenters. The molecule has 0 aliphatic rings. The molecule has 0 saturated carbocycles. The van der Waals surface area contributed by atoms with Gasteiger partial charge in [-0.3, -0.25) is 0 Å². The van der Waals surface area contributed by atoms with E-state index in [-0.39, 0.29) is 0 Å². The Kier molecular flexibility index (Phi) is 8.88. The lowest BCUT2D eigenvalue weighted by Gasteiger charge is -2.02. The van der Waals surface area contributed by atoms with E-state index in [1.165, 1.54) is 0 Å². The van der Waals surface area contributed by atoms with Gasteiger partial charge in [0.15, 0.2) is 0 Å². The van der Waals surface area contributed by atoms with Crippen molar-refractivity contribution in [2.24, 2.45) is 11.8 Å². The van der Waals surface area contributed by atoms with E-state index in [1.54, 1.807) is 0 Å². The number of hydrogen-bond acceptors (Lipinski definition) is 7. The molecule has 0 heterocycles. The van der Waals surface area contributed by atoms with Gasteiger partial charge in [-0.25, -0.2) is 4.94 Å². The number of nitrogen functional groups attached to an aromatic ring is 4. The maximum absolute atomic E-state index is 5.61. The van der Waals surface area contributed by atoms with E-state index in [4.69, 9.17) is 22.9 Å². The van der Waals surface area contributed by atoms with Crippen molar-refractivity contribution in [1.29, 1.82) is 0 Å². The molecule has 0 aromatic heterocycles. The second-order valence-corrected chi connectivity index (χ2v) is 6.62. The zero-order chi connectivity index (χ0) is 22.6. The summed E-state index contributed by atoms with van der Waals surface area (Å²) < 4.78 is 0. The molecule has 0 aliphatic heterocycles. The Hall–Kier alpha value is -4.04. The molecule has 4 aromatic carbocycles. The summed E-state index contributed by atoms with van der Waals surface area (Å²) in [4.78, 5) is 3.25. The van der Waals surface area contributed by atoms with Crippen molar-refractivity contribution in [2.45, 2.75) is 0 Å². The van der Waals surface area contributed by atoms with Gasteiger partial charge in [0.25, 0.3) is 0 Å². The van der Waals surface area contributed by atoms with Crippen LogP contribution in [-0.2, 0) is 4.94 Å². The SMILES string of the molecule is NON.Nc1ccc(-c2ccc(N)cc2)cc1.Nc1ccc(-c2ccc(N)cc2)cc1. The lowest BCUT2D eigenvalue weighted by Crippen LogP contribution is -2.03. The lowest BCUT2D eigenvalue weighted by atomic mass is 10.1. The van der Waals surface area contributed by atoms with Crippen molar-refractivity contribution in [3.05, 3.63) is 97.1 Å². The first kappa shape index (κ1) is 23.2. The Morgan fingerprint density at radius 2 is 0.452 bits per heavy atom. The molecule has 0 amide bonds. The summed E-state index contributed by atoms with van der Waals surface area (Å²) in [5.74, 6) is 8.25. The van der Waals surface area contributed by atoms with Crippen molar-refractivity contribution in [3.63, 3.8) is 0 Å². The molecule has 4 rings (SSSR count). The monoisotopic (exact) mass is 416 g/mol. The standard InChI is InChI=1S/2C12H12N2.H4N2O/c2*13-11-5-1-9(2-6-11)10-3-7-12(14)8-4-10;1-3-2/h2*1-8H,13-14H2;1-2H2. The molecule has 12 N–H and O–H groups in total. The maximum atomic E-state index is 5.61. The van der Waals surface area contributed by atoms with Crippen molar-refractivity contribution < 1.29 is 4.94 Å². The third-order valence-corrected chi connectivity index (χ3v) is 4.31. The smallest absolute Gasteiger partial charge is 0.0314 e. The third-order valence-electron chi connectivity index (χ3n) is 4.31. The van der Waals surface area contributed by atoms with E-state index in [1.807, 2.05) is 97.1 Å². The molecule has 7 heteroatoms. The van der Waals surface area contributed by atoms with Gasteiger partial charge in [0.05, 0.1) is 0 Å². The van der Waals surface area contributed by atoms with Crippen LogP contribution in [0.4, 0.5) is 22.7 Å². The van der Waals surface area contributed by atoms with Crippen LogP contribution in [0.15, 0.2) is 97.1 Å². The molecule has 0 radical (unpaired) electrons. The minimum Gasteiger partial charge on any atom is -0.399 e. The summed E-state index contributed by atoms with van der Waals surface area (Å²) in [5, 5.41) is 0. The van der Waals surface area contributed by atoms with Crippen molar-refractivity contribution in [1.82, 2.24) is 0 Å². The largest absolute Gasteiger partial charge is 0.399 e. The highest BCUT2D eigenvalue weighted by molar-refractivity contribution is 5.68. The molecule has 0 fully saturated rings. The van der Waals surface area contributed by atoms with E-state index in [9.17, 15) is 0 Å². The molecular weight excluding hydrogens is 388 g/mol. The molecule has 160 valence electrons. The number of anilines is 4. The van der Waals surface area contributed by atoms with Crippen molar-refractivity contribution in [2.75, 3.05) is 22.9 Å². The minimum atomic E-state index is 0.782. The van der Waals surface area contributed by atoms with Gasteiger partial charge in [-0.2, -0.15) is 11.8 Å². The van der Waals surface area contributed by atoms with Crippen LogP contribution in [0.2, 0.25) is 0 Å². The number of hydrogen-bond donors (Lipinski definition) is 6. The highest BCUT2D eigenvalue weighted by atomic mass is 16.7. The molecule has 0 saturated heterocycles. The second-order valence-electron chi connectivity index (χ2n) is 6.62. The van der Waals surface area contributed by atoms with Crippen LogP contribution in [0.3, 0.4) is 0 Å². The second kappa shape index (κ2) is 11.8. The normalized spacial score (nSPS) is 9.61. The van der Waals surface area contributed by atoms with E-state index in [0.717, 1.165) is 45.0 Å². The molecule has 4 aromatic rings. The van der Waals surface area contributed by atoms with Gasteiger partial charge in [-0.15, -0.1) is 0 Å². The van der Waals surface area contributed by atoms with Crippen LogP contribution in [0.1, 0.15) is 0 Å². The van der Waals surface area contributed by atoms with Gasteiger partial charge in [0, 0.05) is 22.7 Å². The predicted molar refractivity (Wildman–Crippen MR) is 131 cm³/mol. The van der Waals surface area contributed by atoms with Crippen LogP contribution >= 0.6 is 0 Å². The highest BCUT2D eigenvalue weighted by Crippen LogP contribution is 2.22. The number of nitrogens with two attached hydrogens (primary N) is 6. The molecule has 0 spiro atoms. The maximum Gasteiger partial charge on any atom is 0.0314 e. The molecule has 0 bridgehead atoms. The molecule has 31 heavy (non-hydrogen) atoms. The van der Waals surface area contributed by atoms with Gasteiger partial charge < -0.3 is 22.9 Å². The van der Waals surface area contributed by atoms with Gasteiger partial charge >= 0.3 is 0 Å². The van der Waals surface area contributed by atoms with E-state index >= 15 is 0 Å². The zero-order valence-electron chi connectivity index (χ0n) is 17.1. The summed E-state index contributed by atoms with van der Waals surface area (Å²) in [6, 6.07) is 31.2. The first-order valence-electron chi connectivity index (χ1n) is 9.41. The number of benzene rings is 4. The number of rotatable bonds is 2. The fourth-order valence-electron chi connectivity index (χ4n) is 2.70. The van der Waals surface area contributed by atoms with Gasteiger partial charge in [0.1, 0.15) is 0 Å². The Balaban J connectivity index is 0.000000196. The van der Waals surface area contributed by atoms with Gasteiger partial charge in [0.2, 0.25) is 0 Å². The predicted octanol–water partition coefficient (Wildman–Crippen LogP) is 3.79. The Bertz CT molecular complexity index is 857. The molecule has 7 nitrogen and oxygen atoms in total. The van der Waals surface area contributed by atoms with Crippen LogP contribution in [0.5, 0.6) is 0 Å². The fraction of sp³-hybridized carbons (Fsp3) is 0. The van der Waals surface area contributed by atoms with Crippen LogP contribution in [0.25, 0.3) is 22.3 Å². The molecular formula is C24H28N6O. The van der Waals surface area contributed by atoms with Gasteiger partial charge in [-0.1, -0.05) is 48.5 Å². The van der Waals surface area contributed by atoms with Crippen LogP contribution < -0.4 is 34.7 Å². The summed E-state index contributed by atoms with van der Waals surface area (Å²) in [6.45, 7) is 0. The first-order chi connectivity index (χ1) is 14.9. The quantitative estimate of drug-likeness (QED) is 0.213. The molecule has 0 aliphatic carbocycles. The summed E-state index contributed by atoms with van der Waals surface area (Å²) >= 11 is 0. The summed E-state index contributed by atoms with van der Waals surface area (Å²) in [6.07, 6.45) is 0. The average molecular weight is 417 g/mol. The summed E-state index contributed by atoms with van der Waals surface area (Å²) in [5.41, 5.74) is 30.2. The van der Waals surface area contributed by atoms with Crippen LogP contribution in [0, 0.1) is 0 Å². The van der Waals surface area contributed by atoms with Crippen molar-refractivity contribution in [3.8, 4) is 22.3 Å². The zero-order valence-corrected chi connectivity index (χ0v) is 17.1. The third kappa shape index (κ3) is 7.71. The fourth-order valence-corrected chi connectivity index (χ4v) is 2.70. The van der Waals surface area contributed by atoms with Crippen LogP contribution in [-0.4, -0.2) is 0 Å². The average Bonchev–Trinajstić information content (AvgIpc) is 2.77. The first-order valence-corrected chi connectivity index (χ1v) is 9.41. The van der Waals surface area contributed by atoms with Crippen molar-refractivity contribution >= 4 is 22.7 Å². The highest BCUT2D eigenvalue weighted by Gasteiger charge is 1.97. The summed E-state index contributed by atoms with van der Waals surface area (Å²) in [7, 11) is 0. The molecule has 0 atom stereocenters. The Morgan fingerprint density at radius 3 is 0.581 bits per heavy atom. The van der Waals surface area contributed by atoms with E-state index in [2.05, 4.69) is 16.7 Å².